The number of carbonyl (C=O) groups excluding carboxylic acids is 1. The molecule has 0 saturated carbocycles. The fourth-order valence-corrected chi connectivity index (χ4v) is 3.99. The van der Waals surface area contributed by atoms with Crippen LogP contribution in [-0.2, 0) is 11.3 Å². The molecule has 0 N–H and O–H groups in total. The van der Waals surface area contributed by atoms with Crippen LogP contribution in [0.25, 0.3) is 10.2 Å². The Kier molecular flexibility index (Phi) is 6.37. The molecule has 2 aromatic heterocycles. The standard InChI is InChI=1S/C23H20FN3O3S/c1-2-29-19-11-7-12-20-22(19)26-23(31-20)27(14-16-8-5-6-13-25-16)21(28)15-30-18-10-4-3-9-17(18)24/h3-13H,2,14-15H2,1H3. The molecule has 0 bridgehead atoms. The summed E-state index contributed by atoms with van der Waals surface area (Å²) in [6.45, 7) is 2.30. The average Bonchev–Trinajstić information content (AvgIpc) is 3.23. The number of halogens is 1. The number of nitrogens with zero attached hydrogens (tertiary/aromatic N) is 3. The lowest BCUT2D eigenvalue weighted by Crippen LogP contribution is -2.34. The molecule has 2 heterocycles. The number of pyridine rings is 1. The van der Waals surface area contributed by atoms with Crippen molar-refractivity contribution in [3.63, 3.8) is 0 Å². The lowest BCUT2D eigenvalue weighted by Gasteiger charge is -2.19. The molecule has 0 unspecified atom stereocenters. The van der Waals surface area contributed by atoms with Crippen LogP contribution >= 0.6 is 11.3 Å². The van der Waals surface area contributed by atoms with Crippen LogP contribution in [0, 0.1) is 5.82 Å². The fraction of sp³-hybridized carbons (Fsp3) is 0.174. The van der Waals surface area contributed by atoms with Gasteiger partial charge in [0.05, 0.1) is 23.5 Å². The van der Waals surface area contributed by atoms with Crippen LogP contribution in [0.1, 0.15) is 12.6 Å². The molecule has 2 aromatic carbocycles. The number of para-hydroxylation sites is 2. The SMILES string of the molecule is CCOc1cccc2sc(N(Cc3ccccn3)C(=O)COc3ccccc3F)nc12. The van der Waals surface area contributed by atoms with Gasteiger partial charge >= 0.3 is 0 Å². The van der Waals surface area contributed by atoms with Crippen molar-refractivity contribution in [1.82, 2.24) is 9.97 Å². The van der Waals surface area contributed by atoms with E-state index in [9.17, 15) is 9.18 Å². The Morgan fingerprint density at radius 2 is 1.84 bits per heavy atom. The van der Waals surface area contributed by atoms with Gasteiger partial charge in [-0.2, -0.15) is 0 Å². The number of rotatable bonds is 8. The Morgan fingerprint density at radius 1 is 1.03 bits per heavy atom. The van der Waals surface area contributed by atoms with Crippen LogP contribution in [0.4, 0.5) is 9.52 Å². The number of thiazole rings is 1. The predicted octanol–water partition coefficient (Wildman–Crippen LogP) is 4.84. The summed E-state index contributed by atoms with van der Waals surface area (Å²) in [5.41, 5.74) is 1.39. The van der Waals surface area contributed by atoms with Gasteiger partial charge in [0.2, 0.25) is 0 Å². The number of fused-ring (bicyclic) bond motifs is 1. The van der Waals surface area contributed by atoms with Gasteiger partial charge in [0, 0.05) is 6.20 Å². The van der Waals surface area contributed by atoms with E-state index in [4.69, 9.17) is 9.47 Å². The van der Waals surface area contributed by atoms with E-state index in [2.05, 4.69) is 9.97 Å². The smallest absolute Gasteiger partial charge is 0.267 e. The van der Waals surface area contributed by atoms with Crippen LogP contribution in [0.3, 0.4) is 0 Å². The van der Waals surface area contributed by atoms with E-state index < -0.39 is 5.82 Å². The molecule has 0 atom stereocenters. The molecule has 0 aliphatic carbocycles. The molecular formula is C23H20FN3O3S. The lowest BCUT2D eigenvalue weighted by atomic mass is 10.3. The number of amides is 1. The highest BCUT2D eigenvalue weighted by molar-refractivity contribution is 7.22. The first-order chi connectivity index (χ1) is 15.2. The first-order valence-electron chi connectivity index (χ1n) is 9.75. The first kappa shape index (κ1) is 20.7. The van der Waals surface area contributed by atoms with E-state index in [1.807, 2.05) is 43.3 Å². The van der Waals surface area contributed by atoms with E-state index in [0.717, 1.165) is 4.70 Å². The van der Waals surface area contributed by atoms with Crippen LogP contribution in [0.5, 0.6) is 11.5 Å². The average molecular weight is 437 g/mol. The van der Waals surface area contributed by atoms with Crippen LogP contribution in [-0.4, -0.2) is 29.1 Å². The van der Waals surface area contributed by atoms with E-state index in [1.165, 1.54) is 28.4 Å². The molecule has 0 spiro atoms. The van der Waals surface area contributed by atoms with E-state index >= 15 is 0 Å². The molecule has 4 rings (SSSR count). The van der Waals surface area contributed by atoms with Crippen molar-refractivity contribution in [2.45, 2.75) is 13.5 Å². The van der Waals surface area contributed by atoms with E-state index in [0.29, 0.717) is 28.7 Å². The van der Waals surface area contributed by atoms with Crippen molar-refractivity contribution >= 4 is 32.6 Å². The number of benzene rings is 2. The summed E-state index contributed by atoms with van der Waals surface area (Å²) >= 11 is 1.37. The van der Waals surface area contributed by atoms with Gasteiger partial charge < -0.3 is 9.47 Å². The minimum atomic E-state index is -0.520. The van der Waals surface area contributed by atoms with Crippen molar-refractivity contribution in [3.8, 4) is 11.5 Å². The summed E-state index contributed by atoms with van der Waals surface area (Å²) in [4.78, 5) is 23.6. The topological polar surface area (TPSA) is 64.5 Å². The second kappa shape index (κ2) is 9.53. The Hall–Kier alpha value is -3.52. The van der Waals surface area contributed by atoms with Crippen molar-refractivity contribution in [1.29, 1.82) is 0 Å². The molecule has 0 aliphatic heterocycles. The lowest BCUT2D eigenvalue weighted by molar-refractivity contribution is -0.120. The highest BCUT2D eigenvalue weighted by Gasteiger charge is 2.22. The van der Waals surface area contributed by atoms with Crippen molar-refractivity contribution in [2.24, 2.45) is 0 Å². The van der Waals surface area contributed by atoms with Gasteiger partial charge in [0.15, 0.2) is 23.3 Å². The van der Waals surface area contributed by atoms with Crippen molar-refractivity contribution in [2.75, 3.05) is 18.1 Å². The molecule has 0 radical (unpaired) electrons. The Balaban J connectivity index is 1.64. The number of anilines is 1. The minimum Gasteiger partial charge on any atom is -0.492 e. The molecule has 8 heteroatoms. The van der Waals surface area contributed by atoms with Gasteiger partial charge in [-0.15, -0.1) is 0 Å². The number of hydrogen-bond donors (Lipinski definition) is 0. The second-order valence-electron chi connectivity index (χ2n) is 6.55. The quantitative estimate of drug-likeness (QED) is 0.395. The summed E-state index contributed by atoms with van der Waals surface area (Å²) in [5, 5.41) is 0.495. The summed E-state index contributed by atoms with van der Waals surface area (Å²) in [5.74, 6) is -0.189. The molecule has 0 fully saturated rings. The van der Waals surface area contributed by atoms with Gasteiger partial charge in [-0.3, -0.25) is 14.7 Å². The van der Waals surface area contributed by atoms with E-state index in [-0.39, 0.29) is 24.8 Å². The monoisotopic (exact) mass is 437 g/mol. The fourth-order valence-electron chi connectivity index (χ4n) is 2.99. The molecule has 4 aromatic rings. The zero-order valence-electron chi connectivity index (χ0n) is 16.8. The zero-order valence-corrected chi connectivity index (χ0v) is 17.6. The Morgan fingerprint density at radius 3 is 2.61 bits per heavy atom. The molecule has 158 valence electrons. The Labute approximate surface area is 182 Å². The second-order valence-corrected chi connectivity index (χ2v) is 7.56. The maximum atomic E-state index is 13.9. The van der Waals surface area contributed by atoms with Crippen LogP contribution in [0.2, 0.25) is 0 Å². The number of aromatic nitrogens is 2. The van der Waals surface area contributed by atoms with Crippen molar-refractivity contribution < 1.29 is 18.7 Å². The molecule has 1 amide bonds. The highest BCUT2D eigenvalue weighted by atomic mass is 32.1. The maximum Gasteiger partial charge on any atom is 0.267 e. The third-order valence-corrected chi connectivity index (χ3v) is 5.48. The summed E-state index contributed by atoms with van der Waals surface area (Å²) in [7, 11) is 0. The van der Waals surface area contributed by atoms with Gasteiger partial charge in [-0.1, -0.05) is 35.6 Å². The largest absolute Gasteiger partial charge is 0.492 e. The summed E-state index contributed by atoms with van der Waals surface area (Å²) in [6.07, 6.45) is 1.67. The number of hydrogen-bond acceptors (Lipinski definition) is 6. The first-order valence-corrected chi connectivity index (χ1v) is 10.6. The van der Waals surface area contributed by atoms with Gasteiger partial charge in [0.1, 0.15) is 11.3 Å². The molecule has 0 saturated heterocycles. The molecular weight excluding hydrogens is 417 g/mol. The molecule has 31 heavy (non-hydrogen) atoms. The third-order valence-electron chi connectivity index (χ3n) is 4.44. The van der Waals surface area contributed by atoms with Gasteiger partial charge in [-0.05, 0) is 43.3 Å². The minimum absolute atomic E-state index is 0.0246. The third kappa shape index (κ3) is 4.80. The molecule has 6 nitrogen and oxygen atoms in total. The number of ether oxygens (including phenoxy) is 2. The van der Waals surface area contributed by atoms with Crippen LogP contribution in [0.15, 0.2) is 66.9 Å². The number of carbonyl (C=O) groups is 1. The normalized spacial score (nSPS) is 10.8. The predicted molar refractivity (Wildman–Crippen MR) is 118 cm³/mol. The maximum absolute atomic E-state index is 13.9. The van der Waals surface area contributed by atoms with Gasteiger partial charge in [0.25, 0.3) is 5.91 Å². The van der Waals surface area contributed by atoms with Gasteiger partial charge in [-0.25, -0.2) is 9.37 Å². The van der Waals surface area contributed by atoms with Crippen LogP contribution < -0.4 is 14.4 Å². The highest BCUT2D eigenvalue weighted by Crippen LogP contribution is 2.35. The summed E-state index contributed by atoms with van der Waals surface area (Å²) in [6, 6.07) is 17.1. The summed E-state index contributed by atoms with van der Waals surface area (Å²) < 4.78 is 25.9. The zero-order chi connectivity index (χ0) is 21.6. The molecule has 0 aliphatic rings. The Bertz CT molecular complexity index is 1180. The van der Waals surface area contributed by atoms with Crippen molar-refractivity contribution in [3.05, 3.63) is 78.4 Å². The van der Waals surface area contributed by atoms with E-state index in [1.54, 1.807) is 18.3 Å².